The normalized spacial score (nSPS) is 22.4. The van der Waals surface area contributed by atoms with Gasteiger partial charge in [0.1, 0.15) is 0 Å². The number of hydrogen-bond acceptors (Lipinski definition) is 3. The lowest BCUT2D eigenvalue weighted by molar-refractivity contribution is 0.262. The largest absolute Gasteiger partial charge is 0.330 e. The van der Waals surface area contributed by atoms with Crippen LogP contribution in [-0.4, -0.2) is 15.7 Å². The Labute approximate surface area is 126 Å². The van der Waals surface area contributed by atoms with Crippen LogP contribution in [0.5, 0.6) is 0 Å². The molecule has 0 aromatic carbocycles. The maximum absolute atomic E-state index is 11.8. The van der Waals surface area contributed by atoms with Gasteiger partial charge in [-0.1, -0.05) is 26.2 Å². The summed E-state index contributed by atoms with van der Waals surface area (Å²) in [5, 5.41) is 3.41. The first-order chi connectivity index (χ1) is 10.0. The summed E-state index contributed by atoms with van der Waals surface area (Å²) in [4.78, 5) is 23.5. The Morgan fingerprint density at radius 3 is 2.33 bits per heavy atom. The maximum Gasteiger partial charge on any atom is 0.330 e. The molecule has 5 heteroatoms. The molecule has 1 saturated carbocycles. The Bertz CT molecular complexity index is 580. The van der Waals surface area contributed by atoms with Crippen molar-refractivity contribution in [1.29, 1.82) is 0 Å². The van der Waals surface area contributed by atoms with Crippen molar-refractivity contribution < 1.29 is 0 Å². The Balaban J connectivity index is 1.87. The summed E-state index contributed by atoms with van der Waals surface area (Å²) >= 11 is 0. The molecule has 1 N–H and O–H groups in total. The summed E-state index contributed by atoms with van der Waals surface area (Å²) in [7, 11) is 3.22. The lowest BCUT2D eigenvalue weighted by atomic mass is 9.81. The van der Waals surface area contributed by atoms with E-state index in [0.29, 0.717) is 6.54 Å². The molecule has 0 aliphatic heterocycles. The zero-order valence-electron chi connectivity index (χ0n) is 13.4. The van der Waals surface area contributed by atoms with Gasteiger partial charge in [-0.05, 0) is 31.2 Å². The highest BCUT2D eigenvalue weighted by Crippen LogP contribution is 2.30. The van der Waals surface area contributed by atoms with Gasteiger partial charge in [0.15, 0.2) is 0 Å². The molecule has 0 saturated heterocycles. The van der Waals surface area contributed by atoms with E-state index in [1.165, 1.54) is 39.2 Å². The first kappa shape index (κ1) is 16.0. The van der Waals surface area contributed by atoms with Crippen molar-refractivity contribution >= 4 is 0 Å². The van der Waals surface area contributed by atoms with Crippen molar-refractivity contribution in [1.82, 2.24) is 14.5 Å². The highest BCUT2D eigenvalue weighted by molar-refractivity contribution is 5.01. The van der Waals surface area contributed by atoms with Crippen LogP contribution in [-0.2, 0) is 20.6 Å². The van der Waals surface area contributed by atoms with E-state index < -0.39 is 0 Å². The first-order valence-electron chi connectivity index (χ1n) is 7.99. The highest BCUT2D eigenvalue weighted by atomic mass is 16.2. The van der Waals surface area contributed by atoms with Gasteiger partial charge in [0, 0.05) is 32.4 Å². The number of aromatic nitrogens is 2. The molecular weight excluding hydrogens is 266 g/mol. The quantitative estimate of drug-likeness (QED) is 0.892. The Hall–Kier alpha value is -1.36. The molecule has 0 unspecified atom stereocenters. The van der Waals surface area contributed by atoms with E-state index in [4.69, 9.17) is 0 Å². The molecule has 0 radical (unpaired) electrons. The fourth-order valence-electron chi connectivity index (χ4n) is 3.20. The zero-order chi connectivity index (χ0) is 15.4. The van der Waals surface area contributed by atoms with Crippen LogP contribution in [0, 0.1) is 11.8 Å². The van der Waals surface area contributed by atoms with Crippen LogP contribution in [0.25, 0.3) is 0 Å². The second-order valence-electron chi connectivity index (χ2n) is 6.30. The van der Waals surface area contributed by atoms with Crippen LogP contribution in [0.15, 0.2) is 15.7 Å². The van der Waals surface area contributed by atoms with Gasteiger partial charge in [0.25, 0.3) is 5.56 Å². The lowest BCUT2D eigenvalue weighted by Gasteiger charge is -2.28. The van der Waals surface area contributed by atoms with Crippen molar-refractivity contribution in [2.45, 2.75) is 45.6 Å². The second-order valence-corrected chi connectivity index (χ2v) is 6.30. The van der Waals surface area contributed by atoms with Gasteiger partial charge in [0.05, 0.1) is 0 Å². The average Bonchev–Trinajstić information content (AvgIpc) is 2.51. The van der Waals surface area contributed by atoms with Gasteiger partial charge in [-0.3, -0.25) is 13.9 Å². The number of hydrogen-bond donors (Lipinski definition) is 1. The Morgan fingerprint density at radius 2 is 1.71 bits per heavy atom. The summed E-state index contributed by atoms with van der Waals surface area (Å²) in [6, 6.07) is 1.54. The summed E-state index contributed by atoms with van der Waals surface area (Å²) in [6.45, 7) is 3.83. The molecule has 1 fully saturated rings. The van der Waals surface area contributed by atoms with E-state index in [2.05, 4.69) is 12.2 Å². The van der Waals surface area contributed by atoms with Gasteiger partial charge < -0.3 is 5.32 Å². The Morgan fingerprint density at radius 1 is 1.10 bits per heavy atom. The van der Waals surface area contributed by atoms with E-state index in [9.17, 15) is 9.59 Å². The van der Waals surface area contributed by atoms with E-state index in [-0.39, 0.29) is 11.2 Å². The molecule has 2 rings (SSSR count). The van der Waals surface area contributed by atoms with Crippen LogP contribution in [0.2, 0.25) is 0 Å². The lowest BCUT2D eigenvalue weighted by Crippen LogP contribution is -2.39. The number of nitrogens with one attached hydrogen (secondary N) is 1. The molecule has 118 valence electrons. The molecular formula is C16H27N3O2. The zero-order valence-corrected chi connectivity index (χ0v) is 13.4. The molecule has 1 aromatic heterocycles. The fraction of sp³-hybridized carbons (Fsp3) is 0.750. The van der Waals surface area contributed by atoms with Crippen molar-refractivity contribution in [3.8, 4) is 0 Å². The topological polar surface area (TPSA) is 56.0 Å². The molecule has 1 aliphatic carbocycles. The van der Waals surface area contributed by atoms with Crippen LogP contribution in [0.3, 0.4) is 0 Å². The molecule has 21 heavy (non-hydrogen) atoms. The van der Waals surface area contributed by atoms with Gasteiger partial charge in [-0.15, -0.1) is 0 Å². The molecule has 1 aliphatic rings. The minimum Gasteiger partial charge on any atom is -0.311 e. The predicted molar refractivity (Wildman–Crippen MR) is 84.4 cm³/mol. The third-order valence-corrected chi connectivity index (χ3v) is 4.91. The van der Waals surface area contributed by atoms with Crippen LogP contribution in [0.1, 0.15) is 44.7 Å². The molecule has 1 aromatic rings. The molecule has 0 spiro atoms. The summed E-state index contributed by atoms with van der Waals surface area (Å²) < 4.78 is 2.68. The molecule has 0 bridgehead atoms. The number of rotatable bonds is 5. The van der Waals surface area contributed by atoms with Crippen molar-refractivity contribution in [2.24, 2.45) is 25.9 Å². The van der Waals surface area contributed by atoms with E-state index in [0.717, 1.165) is 28.6 Å². The highest BCUT2D eigenvalue weighted by Gasteiger charge is 2.19. The standard InChI is InChI=1S/C16H27N3O2/c1-4-12-5-7-13(8-6-12)10-17-11-14-9-15(20)19(3)16(21)18(14)2/h9,12-13,17H,4-8,10-11H2,1-3H3. The summed E-state index contributed by atoms with van der Waals surface area (Å²) in [5.41, 5.74) is 0.256. The van der Waals surface area contributed by atoms with Gasteiger partial charge in [-0.25, -0.2) is 4.79 Å². The number of nitrogens with zero attached hydrogens (tertiary/aromatic N) is 2. The predicted octanol–water partition coefficient (Wildman–Crippen LogP) is 1.39. The van der Waals surface area contributed by atoms with Crippen LogP contribution in [0.4, 0.5) is 0 Å². The smallest absolute Gasteiger partial charge is 0.311 e. The third-order valence-electron chi connectivity index (χ3n) is 4.91. The molecule has 5 nitrogen and oxygen atoms in total. The van der Waals surface area contributed by atoms with Gasteiger partial charge in [0.2, 0.25) is 0 Å². The first-order valence-corrected chi connectivity index (χ1v) is 7.99. The van der Waals surface area contributed by atoms with Gasteiger partial charge >= 0.3 is 5.69 Å². The minimum absolute atomic E-state index is 0.238. The van der Waals surface area contributed by atoms with Crippen LogP contribution < -0.4 is 16.6 Å². The van der Waals surface area contributed by atoms with Crippen molar-refractivity contribution in [3.63, 3.8) is 0 Å². The fourth-order valence-corrected chi connectivity index (χ4v) is 3.20. The van der Waals surface area contributed by atoms with Crippen molar-refractivity contribution in [3.05, 3.63) is 32.6 Å². The van der Waals surface area contributed by atoms with E-state index in [1.807, 2.05) is 0 Å². The van der Waals surface area contributed by atoms with Crippen molar-refractivity contribution in [2.75, 3.05) is 6.54 Å². The Kier molecular flexibility index (Phi) is 5.39. The molecule has 0 atom stereocenters. The minimum atomic E-state index is -0.261. The monoisotopic (exact) mass is 293 g/mol. The van der Waals surface area contributed by atoms with E-state index in [1.54, 1.807) is 17.7 Å². The molecule has 0 amide bonds. The molecule has 1 heterocycles. The second kappa shape index (κ2) is 7.07. The summed E-state index contributed by atoms with van der Waals surface area (Å²) in [6.07, 6.45) is 6.57. The SMILES string of the molecule is CCC1CCC(CNCc2cc(=O)n(C)c(=O)n2C)CC1. The average molecular weight is 293 g/mol. The maximum atomic E-state index is 11.8. The van der Waals surface area contributed by atoms with E-state index >= 15 is 0 Å². The van der Waals surface area contributed by atoms with Gasteiger partial charge in [-0.2, -0.15) is 0 Å². The third kappa shape index (κ3) is 3.84. The van der Waals surface area contributed by atoms with Crippen LogP contribution >= 0.6 is 0 Å². The summed E-state index contributed by atoms with van der Waals surface area (Å²) in [5.74, 6) is 1.65.